The van der Waals surface area contributed by atoms with E-state index in [9.17, 15) is 0 Å². The summed E-state index contributed by atoms with van der Waals surface area (Å²) in [6, 6.07) is 9.81. The van der Waals surface area contributed by atoms with Crippen molar-refractivity contribution < 1.29 is 4.74 Å². The molecule has 0 aliphatic heterocycles. The number of ether oxygens (including phenoxy) is 1. The second-order valence-electron chi connectivity index (χ2n) is 3.86. The predicted octanol–water partition coefficient (Wildman–Crippen LogP) is 2.63. The molecule has 0 unspecified atom stereocenters. The summed E-state index contributed by atoms with van der Waals surface area (Å²) in [7, 11) is 0. The Bertz CT molecular complexity index is 575. The topological polar surface area (TPSA) is 70.8 Å². The minimum Gasteiger partial charge on any atom is -0.377 e. The van der Waals surface area contributed by atoms with Gasteiger partial charge in [-0.2, -0.15) is 5.26 Å². The number of hydrogen-bond donors (Lipinski definition) is 1. The lowest BCUT2D eigenvalue weighted by atomic mass is 10.2. The highest BCUT2D eigenvalue weighted by atomic mass is 16.5. The van der Waals surface area contributed by atoms with Crippen LogP contribution in [0.1, 0.15) is 18.2 Å². The number of nitrogens with zero attached hydrogens (tertiary/aromatic N) is 3. The molecule has 0 spiro atoms. The Morgan fingerprint density at radius 2 is 2.05 bits per heavy atom. The third kappa shape index (κ3) is 3.76. The molecule has 0 atom stereocenters. The van der Waals surface area contributed by atoms with Gasteiger partial charge in [0.15, 0.2) is 5.69 Å². The van der Waals surface area contributed by atoms with Crippen molar-refractivity contribution in [2.24, 2.45) is 0 Å². The van der Waals surface area contributed by atoms with Crippen molar-refractivity contribution in [3.8, 4) is 6.07 Å². The number of nitrogens with one attached hydrogen (secondary N) is 1. The summed E-state index contributed by atoms with van der Waals surface area (Å²) in [4.78, 5) is 8.04. The fourth-order valence-electron chi connectivity index (χ4n) is 1.53. The number of rotatable bonds is 5. The van der Waals surface area contributed by atoms with E-state index in [4.69, 9.17) is 10.00 Å². The first-order chi connectivity index (χ1) is 9.31. The maximum atomic E-state index is 8.75. The Balaban J connectivity index is 2.04. The molecule has 19 heavy (non-hydrogen) atoms. The lowest BCUT2D eigenvalue weighted by molar-refractivity contribution is 0.134. The highest BCUT2D eigenvalue weighted by molar-refractivity contribution is 5.55. The molecule has 0 aliphatic carbocycles. The summed E-state index contributed by atoms with van der Waals surface area (Å²) in [5.41, 5.74) is 2.30. The molecule has 0 aliphatic rings. The number of anilines is 2. The Hall–Kier alpha value is -2.45. The Morgan fingerprint density at radius 3 is 2.74 bits per heavy atom. The smallest absolute Gasteiger partial charge is 0.161 e. The van der Waals surface area contributed by atoms with Gasteiger partial charge in [-0.05, 0) is 24.6 Å². The first kappa shape index (κ1) is 13.0. The van der Waals surface area contributed by atoms with Crippen LogP contribution in [0.3, 0.4) is 0 Å². The normalized spacial score (nSPS) is 9.89. The molecule has 0 saturated carbocycles. The van der Waals surface area contributed by atoms with Crippen molar-refractivity contribution in [1.82, 2.24) is 9.97 Å². The average molecular weight is 254 g/mol. The van der Waals surface area contributed by atoms with E-state index in [0.29, 0.717) is 19.0 Å². The summed E-state index contributed by atoms with van der Waals surface area (Å²) in [6.45, 7) is 3.29. The molecule has 2 rings (SSSR count). The standard InChI is InChI=1S/C14H14N4O/c1-2-19-10-11-3-5-12(6-4-11)17-14-9-16-8-13(7-15)18-14/h3-6,8-9H,2,10H2,1H3,(H,17,18). The van der Waals surface area contributed by atoms with Crippen LogP contribution in [0.5, 0.6) is 0 Å². The van der Waals surface area contributed by atoms with Crippen molar-refractivity contribution in [3.05, 3.63) is 47.9 Å². The van der Waals surface area contributed by atoms with Crippen LogP contribution in [-0.2, 0) is 11.3 Å². The first-order valence-electron chi connectivity index (χ1n) is 5.97. The number of nitriles is 1. The molecule has 5 heteroatoms. The second-order valence-corrected chi connectivity index (χ2v) is 3.86. The van der Waals surface area contributed by atoms with E-state index < -0.39 is 0 Å². The van der Waals surface area contributed by atoms with Crippen LogP contribution in [0.2, 0.25) is 0 Å². The van der Waals surface area contributed by atoms with Crippen molar-refractivity contribution in [3.63, 3.8) is 0 Å². The van der Waals surface area contributed by atoms with Gasteiger partial charge in [0, 0.05) is 12.3 Å². The molecule has 0 saturated heterocycles. The van der Waals surface area contributed by atoms with Crippen LogP contribution < -0.4 is 5.32 Å². The van der Waals surface area contributed by atoms with E-state index in [2.05, 4.69) is 15.3 Å². The van der Waals surface area contributed by atoms with Gasteiger partial charge in [0.2, 0.25) is 0 Å². The quantitative estimate of drug-likeness (QED) is 0.888. The molecule has 1 aromatic carbocycles. The van der Waals surface area contributed by atoms with Gasteiger partial charge in [0.1, 0.15) is 11.9 Å². The maximum Gasteiger partial charge on any atom is 0.161 e. The average Bonchev–Trinajstić information content (AvgIpc) is 2.47. The van der Waals surface area contributed by atoms with Gasteiger partial charge in [0.05, 0.1) is 19.0 Å². The predicted molar refractivity (Wildman–Crippen MR) is 71.8 cm³/mol. The molecule has 96 valence electrons. The van der Waals surface area contributed by atoms with Gasteiger partial charge < -0.3 is 10.1 Å². The van der Waals surface area contributed by atoms with Crippen LogP contribution in [0.25, 0.3) is 0 Å². The highest BCUT2D eigenvalue weighted by Crippen LogP contribution is 2.15. The van der Waals surface area contributed by atoms with Gasteiger partial charge in [-0.25, -0.2) is 4.98 Å². The first-order valence-corrected chi connectivity index (χ1v) is 5.97. The van der Waals surface area contributed by atoms with Crippen molar-refractivity contribution in [2.45, 2.75) is 13.5 Å². The zero-order valence-electron chi connectivity index (χ0n) is 10.6. The van der Waals surface area contributed by atoms with E-state index in [0.717, 1.165) is 11.3 Å². The lowest BCUT2D eigenvalue weighted by Gasteiger charge is -2.06. The molecule has 0 radical (unpaired) electrons. The van der Waals surface area contributed by atoms with E-state index in [1.165, 1.54) is 6.20 Å². The SMILES string of the molecule is CCOCc1ccc(Nc2cncc(C#N)n2)cc1. The number of hydrogen-bond acceptors (Lipinski definition) is 5. The summed E-state index contributed by atoms with van der Waals surface area (Å²) < 4.78 is 5.33. The van der Waals surface area contributed by atoms with Gasteiger partial charge >= 0.3 is 0 Å². The molecule has 0 fully saturated rings. The van der Waals surface area contributed by atoms with Crippen LogP contribution in [-0.4, -0.2) is 16.6 Å². The molecule has 0 amide bonds. The molecular weight excluding hydrogens is 240 g/mol. The summed E-state index contributed by atoms with van der Waals surface area (Å²) >= 11 is 0. The molecular formula is C14H14N4O. The zero-order valence-corrected chi connectivity index (χ0v) is 10.6. The maximum absolute atomic E-state index is 8.75. The Labute approximate surface area is 111 Å². The molecule has 1 N–H and O–H groups in total. The fraction of sp³-hybridized carbons (Fsp3) is 0.214. The molecule has 5 nitrogen and oxygen atoms in total. The summed E-state index contributed by atoms with van der Waals surface area (Å²) in [5.74, 6) is 0.552. The largest absolute Gasteiger partial charge is 0.377 e. The van der Waals surface area contributed by atoms with Crippen molar-refractivity contribution in [2.75, 3.05) is 11.9 Å². The molecule has 1 aromatic heterocycles. The number of benzene rings is 1. The van der Waals surface area contributed by atoms with Gasteiger partial charge in [-0.1, -0.05) is 12.1 Å². The van der Waals surface area contributed by atoms with Crippen LogP contribution in [0, 0.1) is 11.3 Å². The summed E-state index contributed by atoms with van der Waals surface area (Å²) in [6.07, 6.45) is 3.01. The Kier molecular flexibility index (Phi) is 4.43. The van der Waals surface area contributed by atoms with E-state index >= 15 is 0 Å². The van der Waals surface area contributed by atoms with E-state index in [1.54, 1.807) is 6.20 Å². The van der Waals surface area contributed by atoms with Crippen molar-refractivity contribution in [1.29, 1.82) is 5.26 Å². The van der Waals surface area contributed by atoms with Gasteiger partial charge in [-0.15, -0.1) is 0 Å². The molecule has 2 aromatic rings. The van der Waals surface area contributed by atoms with E-state index in [-0.39, 0.29) is 5.69 Å². The van der Waals surface area contributed by atoms with Gasteiger partial charge in [0.25, 0.3) is 0 Å². The van der Waals surface area contributed by atoms with Crippen molar-refractivity contribution >= 4 is 11.5 Å². The minimum absolute atomic E-state index is 0.290. The molecule has 1 heterocycles. The highest BCUT2D eigenvalue weighted by Gasteiger charge is 1.99. The van der Waals surface area contributed by atoms with Gasteiger partial charge in [-0.3, -0.25) is 4.98 Å². The van der Waals surface area contributed by atoms with Crippen LogP contribution in [0.15, 0.2) is 36.7 Å². The fourth-order valence-corrected chi connectivity index (χ4v) is 1.53. The Morgan fingerprint density at radius 1 is 1.26 bits per heavy atom. The van der Waals surface area contributed by atoms with Crippen LogP contribution >= 0.6 is 0 Å². The third-order valence-corrected chi connectivity index (χ3v) is 2.45. The monoisotopic (exact) mass is 254 g/mol. The third-order valence-electron chi connectivity index (χ3n) is 2.45. The lowest BCUT2D eigenvalue weighted by Crippen LogP contribution is -1.97. The van der Waals surface area contributed by atoms with Crippen LogP contribution in [0.4, 0.5) is 11.5 Å². The zero-order chi connectivity index (χ0) is 13.5. The number of aromatic nitrogens is 2. The van der Waals surface area contributed by atoms with E-state index in [1.807, 2.05) is 37.3 Å². The minimum atomic E-state index is 0.290. The summed E-state index contributed by atoms with van der Waals surface area (Å²) in [5, 5.41) is 11.8. The second kappa shape index (κ2) is 6.47. The molecule has 0 bridgehead atoms.